The molecule has 2 aromatic rings. The van der Waals surface area contributed by atoms with Crippen molar-refractivity contribution in [1.29, 1.82) is 0 Å². The minimum Gasteiger partial charge on any atom is -0.495 e. The molecule has 2 aromatic carbocycles. The second kappa shape index (κ2) is 6.57. The van der Waals surface area contributed by atoms with Gasteiger partial charge in [-0.25, -0.2) is 0 Å². The molecule has 2 aliphatic rings. The van der Waals surface area contributed by atoms with E-state index in [9.17, 15) is 9.59 Å². The quantitative estimate of drug-likeness (QED) is 0.817. The number of hydrogen-bond acceptors (Lipinski definition) is 3. The molecule has 0 N–H and O–H groups in total. The highest BCUT2D eigenvalue weighted by Gasteiger charge is 2.54. The van der Waals surface area contributed by atoms with Gasteiger partial charge in [-0.2, -0.15) is 0 Å². The van der Waals surface area contributed by atoms with Crippen molar-refractivity contribution < 1.29 is 14.3 Å². The van der Waals surface area contributed by atoms with Crippen LogP contribution in [0.25, 0.3) is 0 Å². The lowest BCUT2D eigenvalue weighted by atomic mass is 9.81. The molecule has 140 valence electrons. The highest BCUT2D eigenvalue weighted by Crippen LogP contribution is 2.46. The van der Waals surface area contributed by atoms with E-state index in [0.717, 1.165) is 16.8 Å². The number of amides is 2. The van der Waals surface area contributed by atoms with E-state index < -0.39 is 5.41 Å². The Balaban J connectivity index is 1.54. The van der Waals surface area contributed by atoms with E-state index in [0.29, 0.717) is 30.3 Å². The van der Waals surface area contributed by atoms with Crippen LogP contribution in [0, 0.1) is 0 Å². The molecule has 1 fully saturated rings. The number of rotatable bonds is 3. The first-order chi connectivity index (χ1) is 13.0. The van der Waals surface area contributed by atoms with Crippen molar-refractivity contribution >= 4 is 29.1 Å². The third-order valence-electron chi connectivity index (χ3n) is 5.69. The molecule has 1 spiro atoms. The lowest BCUT2D eigenvalue weighted by Crippen LogP contribution is -2.42. The summed E-state index contributed by atoms with van der Waals surface area (Å²) < 4.78 is 5.15. The third kappa shape index (κ3) is 2.77. The Morgan fingerprint density at radius 2 is 2.04 bits per heavy atom. The van der Waals surface area contributed by atoms with Gasteiger partial charge in [-0.3, -0.25) is 9.59 Å². The molecule has 1 atom stereocenters. The molecular weight excluding hydrogens is 364 g/mol. The zero-order valence-corrected chi connectivity index (χ0v) is 16.1. The van der Waals surface area contributed by atoms with Crippen molar-refractivity contribution in [1.82, 2.24) is 4.90 Å². The molecule has 2 heterocycles. The van der Waals surface area contributed by atoms with Gasteiger partial charge in [-0.1, -0.05) is 35.9 Å². The second-order valence-electron chi connectivity index (χ2n) is 7.17. The number of fused-ring (bicyclic) bond motifs is 2. The highest BCUT2D eigenvalue weighted by atomic mass is 35.5. The first kappa shape index (κ1) is 17.9. The van der Waals surface area contributed by atoms with Crippen LogP contribution in [0.3, 0.4) is 0 Å². The van der Waals surface area contributed by atoms with E-state index in [1.54, 1.807) is 36.1 Å². The van der Waals surface area contributed by atoms with Crippen LogP contribution >= 0.6 is 11.6 Å². The van der Waals surface area contributed by atoms with Crippen molar-refractivity contribution in [3.8, 4) is 5.75 Å². The van der Waals surface area contributed by atoms with Crippen LogP contribution in [0.15, 0.2) is 42.5 Å². The lowest BCUT2D eigenvalue weighted by molar-refractivity contribution is -0.130. The number of halogens is 1. The maximum Gasteiger partial charge on any atom is 0.239 e. The molecule has 2 amide bonds. The molecule has 27 heavy (non-hydrogen) atoms. The van der Waals surface area contributed by atoms with Crippen LogP contribution < -0.4 is 9.64 Å². The molecule has 6 heteroatoms. The molecule has 0 radical (unpaired) electrons. The largest absolute Gasteiger partial charge is 0.495 e. The smallest absolute Gasteiger partial charge is 0.239 e. The van der Waals surface area contributed by atoms with Gasteiger partial charge in [-0.05, 0) is 35.7 Å². The van der Waals surface area contributed by atoms with Crippen LogP contribution in [0.2, 0.25) is 5.02 Å². The number of nitrogens with zero attached hydrogens (tertiary/aromatic N) is 2. The fraction of sp³-hybridized carbons (Fsp3) is 0.333. The van der Waals surface area contributed by atoms with Gasteiger partial charge < -0.3 is 14.5 Å². The molecular formula is C21H21ClN2O3. The van der Waals surface area contributed by atoms with Crippen LogP contribution in [0.1, 0.15) is 17.5 Å². The van der Waals surface area contributed by atoms with Crippen molar-refractivity contribution in [3.63, 3.8) is 0 Å². The third-order valence-corrected chi connectivity index (χ3v) is 5.98. The number of anilines is 1. The Kier molecular flexibility index (Phi) is 4.35. The van der Waals surface area contributed by atoms with E-state index in [2.05, 4.69) is 0 Å². The van der Waals surface area contributed by atoms with Crippen molar-refractivity contribution in [2.75, 3.05) is 32.1 Å². The molecule has 0 bridgehead atoms. The summed E-state index contributed by atoms with van der Waals surface area (Å²) in [4.78, 5) is 29.3. The number of likely N-dealkylation sites (N-methyl/N-ethyl adjacent to an activating group) is 1. The molecule has 4 rings (SSSR count). The van der Waals surface area contributed by atoms with Crippen LogP contribution in [-0.4, -0.2) is 44.0 Å². The van der Waals surface area contributed by atoms with Crippen LogP contribution in [0.4, 0.5) is 5.69 Å². The zero-order chi connectivity index (χ0) is 19.2. The summed E-state index contributed by atoms with van der Waals surface area (Å²) in [6, 6.07) is 13.2. The summed E-state index contributed by atoms with van der Waals surface area (Å²) in [7, 11) is 3.36. The Hall–Kier alpha value is -2.53. The number of benzene rings is 2. The summed E-state index contributed by atoms with van der Waals surface area (Å²) in [5, 5.41) is 0.488. The van der Waals surface area contributed by atoms with Gasteiger partial charge >= 0.3 is 0 Å². The molecule has 1 saturated heterocycles. The summed E-state index contributed by atoms with van der Waals surface area (Å²) in [6.07, 6.45) is 0.910. The van der Waals surface area contributed by atoms with Crippen LogP contribution in [0.5, 0.6) is 5.75 Å². The number of carbonyl (C=O) groups is 2. The molecule has 1 unspecified atom stereocenters. The monoisotopic (exact) mass is 384 g/mol. The molecule has 2 aliphatic heterocycles. The van der Waals surface area contributed by atoms with Gasteiger partial charge in [-0.15, -0.1) is 0 Å². The summed E-state index contributed by atoms with van der Waals surface area (Å²) in [5.41, 5.74) is 2.19. The maximum atomic E-state index is 13.0. The standard InChI is InChI=1S/C21H21ClN2O3/c1-23-17-6-4-3-5-15(17)21(20(23)26)9-10-24(13-21)19(25)12-14-7-8-18(27-2)16(22)11-14/h3-8,11H,9-10,12-13H2,1-2H3. The fourth-order valence-electron chi connectivity index (χ4n) is 4.24. The first-order valence-electron chi connectivity index (χ1n) is 8.94. The Morgan fingerprint density at radius 1 is 1.26 bits per heavy atom. The number of likely N-dealkylation sites (tertiary alicyclic amines) is 1. The Morgan fingerprint density at radius 3 is 2.78 bits per heavy atom. The Labute approximate surface area is 163 Å². The molecule has 0 aliphatic carbocycles. The van der Waals surface area contributed by atoms with E-state index in [4.69, 9.17) is 16.3 Å². The lowest BCUT2D eigenvalue weighted by Gasteiger charge is -2.23. The predicted octanol–water partition coefficient (Wildman–Crippen LogP) is 3.04. The van der Waals surface area contributed by atoms with Gasteiger partial charge in [0, 0.05) is 25.8 Å². The topological polar surface area (TPSA) is 49.9 Å². The highest BCUT2D eigenvalue weighted by molar-refractivity contribution is 6.32. The van der Waals surface area contributed by atoms with E-state index in [-0.39, 0.29) is 18.2 Å². The maximum absolute atomic E-state index is 13.0. The van der Waals surface area contributed by atoms with Crippen molar-refractivity contribution in [2.45, 2.75) is 18.3 Å². The summed E-state index contributed by atoms with van der Waals surface area (Å²) >= 11 is 6.16. The number of methoxy groups -OCH3 is 1. The van der Waals surface area contributed by atoms with Gasteiger partial charge in [0.15, 0.2) is 0 Å². The van der Waals surface area contributed by atoms with Crippen molar-refractivity contribution in [2.24, 2.45) is 0 Å². The number of hydrogen-bond donors (Lipinski definition) is 0. The number of ether oxygens (including phenoxy) is 1. The number of carbonyl (C=O) groups excluding carboxylic acids is 2. The molecule has 0 saturated carbocycles. The average molecular weight is 385 g/mol. The second-order valence-corrected chi connectivity index (χ2v) is 7.58. The van der Waals surface area contributed by atoms with Gasteiger partial charge in [0.1, 0.15) is 5.75 Å². The Bertz CT molecular complexity index is 929. The summed E-state index contributed by atoms with van der Waals surface area (Å²) in [6.45, 7) is 1.01. The number of para-hydroxylation sites is 1. The SMILES string of the molecule is COc1ccc(CC(=O)N2CCC3(C2)C(=O)N(C)c2ccccc23)cc1Cl. The normalized spacial score (nSPS) is 21.1. The van der Waals surface area contributed by atoms with Gasteiger partial charge in [0.2, 0.25) is 11.8 Å². The van der Waals surface area contributed by atoms with Gasteiger partial charge in [0.05, 0.1) is 24.0 Å². The van der Waals surface area contributed by atoms with E-state index in [1.807, 2.05) is 30.3 Å². The minimum atomic E-state index is -0.613. The van der Waals surface area contributed by atoms with Gasteiger partial charge in [0.25, 0.3) is 0 Å². The van der Waals surface area contributed by atoms with Crippen molar-refractivity contribution in [3.05, 3.63) is 58.6 Å². The fourth-order valence-corrected chi connectivity index (χ4v) is 4.52. The first-order valence-corrected chi connectivity index (χ1v) is 9.32. The van der Waals surface area contributed by atoms with E-state index in [1.165, 1.54) is 0 Å². The van der Waals surface area contributed by atoms with E-state index >= 15 is 0 Å². The molecule has 0 aromatic heterocycles. The molecule has 5 nitrogen and oxygen atoms in total. The zero-order valence-electron chi connectivity index (χ0n) is 15.4. The van der Waals surface area contributed by atoms with Crippen LogP contribution in [-0.2, 0) is 21.4 Å². The average Bonchev–Trinajstić information content (AvgIpc) is 3.21. The predicted molar refractivity (Wildman–Crippen MR) is 104 cm³/mol. The summed E-state index contributed by atoms with van der Waals surface area (Å²) in [5.74, 6) is 0.670. The minimum absolute atomic E-state index is 0.00735.